The maximum Gasteiger partial charge on any atom is 0.257 e. The quantitative estimate of drug-likeness (QED) is 0.692. The van der Waals surface area contributed by atoms with Gasteiger partial charge in [0.1, 0.15) is 5.82 Å². The van der Waals surface area contributed by atoms with Gasteiger partial charge in [-0.15, -0.1) is 0 Å². The number of sulfonamides is 1. The van der Waals surface area contributed by atoms with Crippen molar-refractivity contribution in [3.8, 4) is 0 Å². The lowest BCUT2D eigenvalue weighted by molar-refractivity contribution is 0.198. The number of aromatic nitrogens is 2. The lowest BCUT2D eigenvalue weighted by atomic mass is 10.2. The molecule has 1 aromatic heterocycles. The lowest BCUT2D eigenvalue weighted by Crippen LogP contribution is -2.30. The van der Waals surface area contributed by atoms with Crippen LogP contribution in [0.1, 0.15) is 32.5 Å². The van der Waals surface area contributed by atoms with Gasteiger partial charge >= 0.3 is 0 Å². The summed E-state index contributed by atoms with van der Waals surface area (Å²) in [5.41, 5.74) is 0. The highest BCUT2D eigenvalue weighted by molar-refractivity contribution is 7.89. The van der Waals surface area contributed by atoms with E-state index in [0.29, 0.717) is 5.82 Å². The van der Waals surface area contributed by atoms with Crippen LogP contribution in [0.2, 0.25) is 0 Å². The third kappa shape index (κ3) is 3.29. The van der Waals surface area contributed by atoms with Crippen molar-refractivity contribution < 1.29 is 13.5 Å². The van der Waals surface area contributed by atoms with Crippen LogP contribution in [-0.2, 0) is 10.0 Å². The van der Waals surface area contributed by atoms with Crippen molar-refractivity contribution >= 4 is 10.0 Å². The molecule has 0 aliphatic heterocycles. The van der Waals surface area contributed by atoms with E-state index in [1.807, 2.05) is 13.8 Å². The number of H-pyrrole nitrogens is 1. The van der Waals surface area contributed by atoms with E-state index in [2.05, 4.69) is 14.7 Å². The Bertz CT molecular complexity index is 437. The number of imidazole rings is 1. The predicted octanol–water partition coefficient (Wildman–Crippen LogP) is 0.192. The molecule has 6 nitrogen and oxygen atoms in total. The van der Waals surface area contributed by atoms with E-state index in [0.717, 1.165) is 0 Å². The molecule has 0 spiro atoms. The molecule has 1 unspecified atom stereocenters. The molecule has 0 aromatic carbocycles. The minimum Gasteiger partial charge on any atom is -0.392 e. The molecule has 1 atom stereocenters. The molecule has 1 heterocycles. The molecule has 0 aliphatic rings. The molecule has 0 saturated carbocycles. The van der Waals surface area contributed by atoms with Gasteiger partial charge in [-0.2, -0.15) is 0 Å². The Balaban J connectivity index is 2.82. The van der Waals surface area contributed by atoms with Crippen LogP contribution < -0.4 is 4.72 Å². The molecule has 0 saturated heterocycles. The molecule has 3 N–H and O–H groups in total. The van der Waals surface area contributed by atoms with Crippen molar-refractivity contribution in [2.24, 2.45) is 0 Å². The fourth-order valence-corrected chi connectivity index (χ4v) is 2.10. The second kappa shape index (κ2) is 4.94. The Labute approximate surface area is 95.2 Å². The number of aromatic amines is 1. The number of rotatable bonds is 5. The van der Waals surface area contributed by atoms with Gasteiger partial charge in [-0.3, -0.25) is 0 Å². The second-order valence-corrected chi connectivity index (χ2v) is 5.72. The first-order valence-corrected chi connectivity index (χ1v) is 6.54. The summed E-state index contributed by atoms with van der Waals surface area (Å²) in [4.78, 5) is 6.71. The molecule has 7 heteroatoms. The maximum atomic E-state index is 11.7. The van der Waals surface area contributed by atoms with Gasteiger partial charge in [0.15, 0.2) is 5.03 Å². The maximum absolute atomic E-state index is 11.7. The largest absolute Gasteiger partial charge is 0.392 e. The minimum absolute atomic E-state index is 0.0155. The Kier molecular flexibility index (Phi) is 4.06. The number of hydrogen-bond donors (Lipinski definition) is 3. The van der Waals surface area contributed by atoms with Crippen LogP contribution in [-0.4, -0.2) is 36.1 Å². The average Bonchev–Trinajstić information content (AvgIpc) is 2.64. The molecule has 1 aromatic rings. The molecule has 92 valence electrons. The van der Waals surface area contributed by atoms with Gasteiger partial charge < -0.3 is 10.1 Å². The number of nitrogens with one attached hydrogen (secondary N) is 2. The number of hydrogen-bond acceptors (Lipinski definition) is 4. The fraction of sp³-hybridized carbons (Fsp3) is 0.667. The van der Waals surface area contributed by atoms with Crippen molar-refractivity contribution in [2.45, 2.75) is 37.8 Å². The van der Waals surface area contributed by atoms with E-state index in [1.165, 1.54) is 13.1 Å². The molecule has 0 radical (unpaired) electrons. The molecule has 0 aliphatic carbocycles. The average molecular weight is 247 g/mol. The van der Waals surface area contributed by atoms with E-state index in [1.54, 1.807) is 0 Å². The van der Waals surface area contributed by atoms with E-state index >= 15 is 0 Å². The van der Waals surface area contributed by atoms with Gasteiger partial charge in [-0.25, -0.2) is 18.1 Å². The van der Waals surface area contributed by atoms with Gasteiger partial charge in [0.2, 0.25) is 0 Å². The second-order valence-electron chi connectivity index (χ2n) is 3.99. The molecular formula is C9H17N3O3S. The zero-order valence-corrected chi connectivity index (χ0v) is 10.4. The summed E-state index contributed by atoms with van der Waals surface area (Å²) >= 11 is 0. The van der Waals surface area contributed by atoms with E-state index in [9.17, 15) is 8.42 Å². The first kappa shape index (κ1) is 13.1. The highest BCUT2D eigenvalue weighted by atomic mass is 32.2. The van der Waals surface area contributed by atoms with Crippen LogP contribution in [0.4, 0.5) is 0 Å². The van der Waals surface area contributed by atoms with Crippen molar-refractivity contribution in [2.75, 3.05) is 6.54 Å². The Morgan fingerprint density at radius 3 is 2.56 bits per heavy atom. The molecule has 0 fully saturated rings. The van der Waals surface area contributed by atoms with Gasteiger partial charge in [0, 0.05) is 12.5 Å². The summed E-state index contributed by atoms with van der Waals surface area (Å²) in [6, 6.07) is 0. The minimum atomic E-state index is -3.60. The summed E-state index contributed by atoms with van der Waals surface area (Å²) in [7, 11) is -3.60. The van der Waals surface area contributed by atoms with Crippen LogP contribution in [0, 0.1) is 0 Å². The summed E-state index contributed by atoms with van der Waals surface area (Å²) in [5, 5.41) is 9.03. The van der Waals surface area contributed by atoms with Gasteiger partial charge in [-0.1, -0.05) is 13.8 Å². The van der Waals surface area contributed by atoms with Crippen molar-refractivity contribution in [3.63, 3.8) is 0 Å². The molecule has 1 rings (SSSR count). The molecule has 0 bridgehead atoms. The fourth-order valence-electron chi connectivity index (χ4n) is 1.06. The standard InChI is InChI=1S/C9H17N3O3S/c1-6(2)9-10-5-8(12-9)16(14,15)11-4-7(3)13/h5-7,11,13H,4H2,1-3H3,(H,10,12). The smallest absolute Gasteiger partial charge is 0.257 e. The van der Waals surface area contributed by atoms with Crippen molar-refractivity contribution in [1.82, 2.24) is 14.7 Å². The Hall–Kier alpha value is -0.920. The zero-order valence-electron chi connectivity index (χ0n) is 9.56. The normalized spacial score (nSPS) is 14.3. The zero-order chi connectivity index (χ0) is 12.3. The van der Waals surface area contributed by atoms with Crippen LogP contribution in [0.15, 0.2) is 11.2 Å². The Morgan fingerprint density at radius 1 is 1.50 bits per heavy atom. The molecule has 0 amide bonds. The SMILES string of the molecule is CC(O)CNS(=O)(=O)c1cnc(C(C)C)[nH]1. The van der Waals surface area contributed by atoms with Gasteiger partial charge in [0.25, 0.3) is 10.0 Å². The topological polar surface area (TPSA) is 95.1 Å². The Morgan fingerprint density at radius 2 is 2.12 bits per heavy atom. The summed E-state index contributed by atoms with van der Waals surface area (Å²) < 4.78 is 25.6. The number of aliphatic hydroxyl groups excluding tert-OH is 1. The van der Waals surface area contributed by atoms with Crippen LogP contribution >= 0.6 is 0 Å². The number of nitrogens with zero attached hydrogens (tertiary/aromatic N) is 1. The predicted molar refractivity (Wildman–Crippen MR) is 59.5 cm³/mol. The van der Waals surface area contributed by atoms with Crippen LogP contribution in [0.25, 0.3) is 0 Å². The summed E-state index contributed by atoms with van der Waals surface area (Å²) in [6.45, 7) is 5.32. The van der Waals surface area contributed by atoms with Crippen LogP contribution in [0.5, 0.6) is 0 Å². The number of aliphatic hydroxyl groups is 1. The van der Waals surface area contributed by atoms with E-state index in [4.69, 9.17) is 5.11 Å². The summed E-state index contributed by atoms with van der Waals surface area (Å²) in [5.74, 6) is 0.762. The highest BCUT2D eigenvalue weighted by Crippen LogP contribution is 2.12. The van der Waals surface area contributed by atoms with Gasteiger partial charge in [0.05, 0.1) is 12.3 Å². The van der Waals surface area contributed by atoms with Crippen LogP contribution in [0.3, 0.4) is 0 Å². The highest BCUT2D eigenvalue weighted by Gasteiger charge is 2.18. The molecule has 16 heavy (non-hydrogen) atoms. The third-order valence-electron chi connectivity index (χ3n) is 1.98. The third-order valence-corrected chi connectivity index (χ3v) is 3.31. The summed E-state index contributed by atoms with van der Waals surface area (Å²) in [6.07, 6.45) is 0.557. The van der Waals surface area contributed by atoms with E-state index < -0.39 is 16.1 Å². The van der Waals surface area contributed by atoms with E-state index in [-0.39, 0.29) is 17.5 Å². The first-order chi connectivity index (χ1) is 7.33. The van der Waals surface area contributed by atoms with Crippen molar-refractivity contribution in [1.29, 1.82) is 0 Å². The van der Waals surface area contributed by atoms with Gasteiger partial charge in [-0.05, 0) is 6.92 Å². The van der Waals surface area contributed by atoms with Crippen molar-refractivity contribution in [3.05, 3.63) is 12.0 Å². The molecular weight excluding hydrogens is 230 g/mol. The monoisotopic (exact) mass is 247 g/mol. The lowest BCUT2D eigenvalue weighted by Gasteiger charge is -2.06. The first-order valence-electron chi connectivity index (χ1n) is 5.05.